The maximum atomic E-state index is 11.9. The number of halogens is 1. The first-order valence-corrected chi connectivity index (χ1v) is 9.60. The summed E-state index contributed by atoms with van der Waals surface area (Å²) in [4.78, 5) is 35.2. The third-order valence-corrected chi connectivity index (χ3v) is 5.80. The van der Waals surface area contributed by atoms with Gasteiger partial charge in [0.2, 0.25) is 11.9 Å². The van der Waals surface area contributed by atoms with Crippen LogP contribution in [0.25, 0.3) is 0 Å². The molecule has 9 nitrogen and oxygen atoms in total. The van der Waals surface area contributed by atoms with E-state index in [9.17, 15) is 14.7 Å². The van der Waals surface area contributed by atoms with Gasteiger partial charge < -0.3 is 24.2 Å². The molecule has 11 heteroatoms. The van der Waals surface area contributed by atoms with E-state index in [2.05, 4.69) is 9.97 Å². The Morgan fingerprint density at radius 2 is 1.79 bits per heavy atom. The first-order chi connectivity index (χ1) is 13.1. The standard InChI is InChI=1S/C17H24BClN4O5/c1-16(2)17(3,4)28-18(27-16)11-8-20-15(21-9-11)22-5-6-23(13(24)7-19)12(10-22)14(25)26/h8-9,12H,5-7,10H2,1-4H3,(H,25,26). The number of aliphatic carboxylic acids is 1. The molecule has 1 amide bonds. The first kappa shape index (κ1) is 20.8. The molecule has 2 aliphatic rings. The summed E-state index contributed by atoms with van der Waals surface area (Å²) in [6.45, 7) is 8.62. The summed E-state index contributed by atoms with van der Waals surface area (Å²) in [7, 11) is -0.566. The lowest BCUT2D eigenvalue weighted by atomic mass is 9.81. The minimum Gasteiger partial charge on any atom is -0.480 e. The molecule has 1 unspecified atom stereocenters. The van der Waals surface area contributed by atoms with Crippen LogP contribution in [0.2, 0.25) is 0 Å². The molecular formula is C17H24BClN4O5. The molecule has 2 aliphatic heterocycles. The van der Waals surface area contributed by atoms with Crippen LogP contribution in [0.5, 0.6) is 0 Å². The van der Waals surface area contributed by atoms with E-state index < -0.39 is 36.2 Å². The van der Waals surface area contributed by atoms with Gasteiger partial charge in [0, 0.05) is 30.9 Å². The van der Waals surface area contributed by atoms with Crippen molar-refractivity contribution in [2.75, 3.05) is 30.4 Å². The number of nitrogens with zero attached hydrogens (tertiary/aromatic N) is 4. The number of aromatic nitrogens is 2. The fourth-order valence-electron chi connectivity index (χ4n) is 3.15. The molecule has 3 rings (SSSR count). The molecule has 1 aromatic rings. The molecule has 28 heavy (non-hydrogen) atoms. The second kappa shape index (κ2) is 7.49. The Labute approximate surface area is 169 Å². The van der Waals surface area contributed by atoms with Crippen molar-refractivity contribution in [2.45, 2.75) is 44.9 Å². The average molecular weight is 411 g/mol. The summed E-state index contributed by atoms with van der Waals surface area (Å²) in [6, 6.07) is -0.994. The van der Waals surface area contributed by atoms with Crippen molar-refractivity contribution in [2.24, 2.45) is 0 Å². The molecule has 2 saturated heterocycles. The Hall–Kier alpha value is -1.91. The lowest BCUT2D eigenvalue weighted by Crippen LogP contribution is -2.59. The van der Waals surface area contributed by atoms with E-state index in [0.29, 0.717) is 18.0 Å². The van der Waals surface area contributed by atoms with E-state index in [4.69, 9.17) is 20.9 Å². The van der Waals surface area contributed by atoms with Crippen molar-refractivity contribution in [3.8, 4) is 0 Å². The van der Waals surface area contributed by atoms with Crippen LogP contribution in [-0.2, 0) is 18.9 Å². The monoisotopic (exact) mass is 410 g/mol. The Balaban J connectivity index is 1.72. The summed E-state index contributed by atoms with van der Waals surface area (Å²) < 4.78 is 12.0. The van der Waals surface area contributed by atoms with E-state index in [1.807, 2.05) is 27.7 Å². The lowest BCUT2D eigenvalue weighted by molar-refractivity contribution is -0.149. The summed E-state index contributed by atoms with van der Waals surface area (Å²) in [5.74, 6) is -1.34. The zero-order valence-corrected chi connectivity index (χ0v) is 17.1. The molecule has 0 aliphatic carbocycles. The quantitative estimate of drug-likeness (QED) is 0.551. The van der Waals surface area contributed by atoms with Gasteiger partial charge in [-0.3, -0.25) is 4.79 Å². The lowest BCUT2D eigenvalue weighted by Gasteiger charge is -2.39. The van der Waals surface area contributed by atoms with Crippen molar-refractivity contribution in [3.63, 3.8) is 0 Å². The highest BCUT2D eigenvalue weighted by Crippen LogP contribution is 2.36. The van der Waals surface area contributed by atoms with Gasteiger partial charge in [0.25, 0.3) is 0 Å². The largest absolute Gasteiger partial charge is 0.498 e. The minimum atomic E-state index is -1.09. The van der Waals surface area contributed by atoms with Gasteiger partial charge in [0.05, 0.1) is 17.7 Å². The van der Waals surface area contributed by atoms with Crippen LogP contribution < -0.4 is 10.4 Å². The van der Waals surface area contributed by atoms with Crippen LogP contribution >= 0.6 is 11.6 Å². The van der Waals surface area contributed by atoms with E-state index in [1.165, 1.54) is 4.90 Å². The molecular weight excluding hydrogens is 386 g/mol. The highest BCUT2D eigenvalue weighted by molar-refractivity contribution is 6.61. The predicted molar refractivity (Wildman–Crippen MR) is 104 cm³/mol. The summed E-state index contributed by atoms with van der Waals surface area (Å²) >= 11 is 5.58. The molecule has 0 radical (unpaired) electrons. The average Bonchev–Trinajstić information content (AvgIpc) is 2.88. The second-order valence-corrected chi connectivity index (χ2v) is 8.19. The normalized spacial score (nSPS) is 23.8. The van der Waals surface area contributed by atoms with Crippen LogP contribution in [0.1, 0.15) is 27.7 Å². The molecule has 1 N–H and O–H groups in total. The topological polar surface area (TPSA) is 105 Å². The smallest absolute Gasteiger partial charge is 0.480 e. The van der Waals surface area contributed by atoms with Crippen molar-refractivity contribution in [3.05, 3.63) is 12.4 Å². The molecule has 1 aromatic heterocycles. The summed E-state index contributed by atoms with van der Waals surface area (Å²) in [5, 5.41) is 9.47. The van der Waals surface area contributed by atoms with Crippen molar-refractivity contribution in [1.82, 2.24) is 14.9 Å². The van der Waals surface area contributed by atoms with Gasteiger partial charge in [0.15, 0.2) is 0 Å². The van der Waals surface area contributed by atoms with Crippen LogP contribution in [0.3, 0.4) is 0 Å². The summed E-state index contributed by atoms with van der Waals surface area (Å²) in [6.07, 6.45) is 3.24. The van der Waals surface area contributed by atoms with Gasteiger partial charge in [-0.15, -0.1) is 11.6 Å². The molecule has 0 aromatic carbocycles. The van der Waals surface area contributed by atoms with Gasteiger partial charge in [-0.2, -0.15) is 0 Å². The number of hydrogen-bond acceptors (Lipinski definition) is 7. The zero-order valence-electron chi connectivity index (χ0n) is 16.4. The number of carboxylic acids is 1. The van der Waals surface area contributed by atoms with Crippen LogP contribution in [0.15, 0.2) is 12.4 Å². The van der Waals surface area contributed by atoms with E-state index in [1.54, 1.807) is 17.3 Å². The number of hydrogen-bond donors (Lipinski definition) is 1. The summed E-state index contributed by atoms with van der Waals surface area (Å²) in [5.41, 5.74) is -0.236. The molecule has 3 heterocycles. The van der Waals surface area contributed by atoms with Gasteiger partial charge in [-0.05, 0) is 27.7 Å². The van der Waals surface area contributed by atoms with Crippen LogP contribution in [0, 0.1) is 0 Å². The Kier molecular flexibility index (Phi) is 5.57. The molecule has 1 atom stereocenters. The number of carbonyl (C=O) groups excluding carboxylic acids is 1. The third kappa shape index (κ3) is 3.81. The number of rotatable bonds is 4. The van der Waals surface area contributed by atoms with Crippen molar-refractivity contribution in [1.29, 1.82) is 0 Å². The number of carboxylic acid groups (broad SMARTS) is 1. The zero-order chi connectivity index (χ0) is 20.7. The van der Waals surface area contributed by atoms with Gasteiger partial charge in [-0.1, -0.05) is 0 Å². The molecule has 2 fully saturated rings. The maximum absolute atomic E-state index is 11.9. The van der Waals surface area contributed by atoms with Crippen molar-refractivity contribution >= 4 is 42.0 Å². The third-order valence-electron chi connectivity index (χ3n) is 5.57. The SMILES string of the molecule is CC1(C)OB(c2cnc(N3CCN(C(=O)CCl)C(C(=O)O)C3)nc2)OC1(C)C. The first-order valence-electron chi connectivity index (χ1n) is 9.06. The number of alkyl halides is 1. The highest BCUT2D eigenvalue weighted by Gasteiger charge is 2.52. The Morgan fingerprint density at radius 1 is 1.21 bits per heavy atom. The number of carbonyl (C=O) groups is 2. The number of anilines is 1. The predicted octanol–water partition coefficient (Wildman–Crippen LogP) is 0.116. The number of amides is 1. The second-order valence-electron chi connectivity index (χ2n) is 7.93. The van der Waals surface area contributed by atoms with E-state index >= 15 is 0 Å². The fraction of sp³-hybridized carbons (Fsp3) is 0.647. The van der Waals surface area contributed by atoms with Gasteiger partial charge in [0.1, 0.15) is 11.9 Å². The van der Waals surface area contributed by atoms with Crippen LogP contribution in [-0.4, -0.2) is 81.7 Å². The van der Waals surface area contributed by atoms with Crippen molar-refractivity contribution < 1.29 is 24.0 Å². The molecule has 152 valence electrons. The molecule has 0 saturated carbocycles. The molecule has 0 bridgehead atoms. The fourth-order valence-corrected chi connectivity index (χ4v) is 3.30. The Bertz CT molecular complexity index is 744. The maximum Gasteiger partial charge on any atom is 0.498 e. The van der Waals surface area contributed by atoms with Gasteiger partial charge >= 0.3 is 13.1 Å². The van der Waals surface area contributed by atoms with Gasteiger partial charge in [-0.25, -0.2) is 14.8 Å². The van der Waals surface area contributed by atoms with Crippen LogP contribution in [0.4, 0.5) is 5.95 Å². The molecule has 0 spiro atoms. The van der Waals surface area contributed by atoms with E-state index in [0.717, 1.165) is 0 Å². The highest BCUT2D eigenvalue weighted by atomic mass is 35.5. The number of piperazine rings is 1. The minimum absolute atomic E-state index is 0.0911. The Morgan fingerprint density at radius 3 is 2.29 bits per heavy atom. The van der Waals surface area contributed by atoms with E-state index in [-0.39, 0.29) is 19.0 Å².